The van der Waals surface area contributed by atoms with Gasteiger partial charge < -0.3 is 19.9 Å². The summed E-state index contributed by atoms with van der Waals surface area (Å²) < 4.78 is 94.1. The van der Waals surface area contributed by atoms with Crippen molar-refractivity contribution in [2.24, 2.45) is 15.2 Å². The highest BCUT2D eigenvalue weighted by Gasteiger charge is 2.54. The number of nitrogens with one attached hydrogen (secondary N) is 1. The van der Waals surface area contributed by atoms with Crippen LogP contribution in [0.5, 0.6) is 5.75 Å². The monoisotopic (exact) mass is 752 g/mol. The summed E-state index contributed by atoms with van der Waals surface area (Å²) in [5, 5.41) is 19.0. The molecule has 0 aliphatic carbocycles. The van der Waals surface area contributed by atoms with Crippen LogP contribution in [0.3, 0.4) is 0 Å². The maximum atomic E-state index is 14.7. The molecule has 4 aromatic rings. The summed E-state index contributed by atoms with van der Waals surface area (Å²) >= 11 is 0. The molecule has 0 radical (unpaired) electrons. The number of aliphatic hydroxyl groups is 1. The molecule has 0 fully saturated rings. The zero-order chi connectivity index (χ0) is 38.9. The minimum atomic E-state index is -5.12. The summed E-state index contributed by atoms with van der Waals surface area (Å²) in [6.07, 6.45) is -11.5. The Balaban J connectivity index is 1.67. The van der Waals surface area contributed by atoms with Crippen molar-refractivity contribution in [2.45, 2.75) is 49.9 Å². The van der Waals surface area contributed by atoms with Crippen molar-refractivity contribution in [1.82, 2.24) is 5.32 Å². The topological polar surface area (TPSA) is 178 Å². The number of hydrogen-bond acceptors (Lipinski definition) is 7. The predicted molar refractivity (Wildman–Crippen MR) is 183 cm³/mol. The minimum Gasteiger partial charge on any atom is -0.494 e. The summed E-state index contributed by atoms with van der Waals surface area (Å²) in [5.74, 6) is -0.572. The lowest BCUT2D eigenvalue weighted by molar-refractivity contribution is -0.143. The fraction of sp³-hybridized carbons (Fsp3) is 0.278. The highest BCUT2D eigenvalue weighted by Crippen LogP contribution is 2.46. The van der Waals surface area contributed by atoms with Gasteiger partial charge in [-0.05, 0) is 70.2 Å². The van der Waals surface area contributed by atoms with E-state index in [1.165, 1.54) is 12.1 Å². The molecule has 2 N–H and O–H groups in total. The molecule has 0 unspecified atom stereocenters. The molecule has 2 atom stereocenters. The lowest BCUT2D eigenvalue weighted by atomic mass is 9.80. The molecule has 5 rings (SSSR count). The first-order valence-corrected chi connectivity index (χ1v) is 16.2. The summed E-state index contributed by atoms with van der Waals surface area (Å²) in [7, 11) is 0. The van der Waals surface area contributed by atoms with Crippen LogP contribution >= 0.6 is 0 Å². The molecule has 0 saturated carbocycles. The average molecular weight is 753 g/mol. The molecule has 54 heavy (non-hydrogen) atoms. The first kappa shape index (κ1) is 39.0. The van der Waals surface area contributed by atoms with E-state index in [1.807, 2.05) is 0 Å². The Bertz CT molecular complexity index is 2080. The van der Waals surface area contributed by atoms with E-state index in [-0.39, 0.29) is 49.4 Å². The Morgan fingerprint density at radius 1 is 0.907 bits per heavy atom. The molecule has 1 heterocycles. The largest absolute Gasteiger partial charge is 0.494 e. The molecule has 0 bridgehead atoms. The Labute approximate surface area is 303 Å². The number of halogens is 6. The molecule has 280 valence electrons. The van der Waals surface area contributed by atoms with Crippen molar-refractivity contribution in [1.29, 1.82) is 0 Å². The van der Waals surface area contributed by atoms with E-state index >= 15 is 0 Å². The van der Waals surface area contributed by atoms with Crippen LogP contribution in [0.4, 0.5) is 32.0 Å². The van der Waals surface area contributed by atoms with Crippen molar-refractivity contribution in [2.75, 3.05) is 13.2 Å². The van der Waals surface area contributed by atoms with Crippen LogP contribution in [-0.4, -0.2) is 35.7 Å². The van der Waals surface area contributed by atoms with Gasteiger partial charge in [-0.25, -0.2) is 4.99 Å². The standard InChI is InChI=1S/C36H30F6N8O4/c37-35(38,39)26-16-22(17-27(18-26)36(40,41)42)20-45-33(52)34(19-24-6-1-2-7-25(24)21-46-49-43)31(29-8-3-4-9-30(29)48-50-44)54-32(47-34)23-10-12-28(13-11-23)53-15-5-14-51/h1-4,6-13,16-18,31,51H,5,14-15,19-21H2,(H,45,52)/t31-,34-/m1/s1. The van der Waals surface area contributed by atoms with Gasteiger partial charge in [-0.3, -0.25) is 4.79 Å². The quantitative estimate of drug-likeness (QED) is 0.0429. The number of aliphatic imine (C=N–C) groups is 1. The number of carbonyl (C=O) groups excluding carboxylic acids is 1. The molecule has 1 aliphatic rings. The van der Waals surface area contributed by atoms with Crippen LogP contribution < -0.4 is 10.1 Å². The molecular formula is C36H30F6N8O4. The van der Waals surface area contributed by atoms with Gasteiger partial charge in [-0.1, -0.05) is 58.8 Å². The van der Waals surface area contributed by atoms with Crippen LogP contribution in [0.1, 0.15) is 51.5 Å². The minimum absolute atomic E-state index is 0.0134. The second kappa shape index (κ2) is 16.6. The third-order valence-electron chi connectivity index (χ3n) is 8.38. The molecule has 0 aromatic heterocycles. The summed E-state index contributed by atoms with van der Waals surface area (Å²) in [4.78, 5) is 25.2. The van der Waals surface area contributed by atoms with E-state index < -0.39 is 53.1 Å². The smallest absolute Gasteiger partial charge is 0.416 e. The van der Waals surface area contributed by atoms with Gasteiger partial charge in [0.2, 0.25) is 5.90 Å². The van der Waals surface area contributed by atoms with Gasteiger partial charge in [0.15, 0.2) is 11.6 Å². The van der Waals surface area contributed by atoms with Gasteiger partial charge in [0.05, 0.1) is 24.3 Å². The molecule has 12 nitrogen and oxygen atoms in total. The molecule has 4 aromatic carbocycles. The van der Waals surface area contributed by atoms with Crippen molar-refractivity contribution in [3.8, 4) is 5.75 Å². The third-order valence-corrected chi connectivity index (χ3v) is 8.38. The van der Waals surface area contributed by atoms with Crippen molar-refractivity contribution >= 4 is 17.5 Å². The van der Waals surface area contributed by atoms with E-state index in [2.05, 4.69) is 25.4 Å². The number of hydrogen-bond donors (Lipinski definition) is 2. The van der Waals surface area contributed by atoms with Crippen LogP contribution in [0, 0.1) is 0 Å². The average Bonchev–Trinajstić information content (AvgIpc) is 3.53. The molecule has 0 saturated heterocycles. The summed E-state index contributed by atoms with van der Waals surface area (Å²) in [6.45, 7) is -0.747. The van der Waals surface area contributed by atoms with Crippen LogP contribution in [0.25, 0.3) is 20.9 Å². The molecular weight excluding hydrogens is 722 g/mol. The number of amides is 1. The number of carbonyl (C=O) groups is 1. The SMILES string of the molecule is [N-]=[N+]=NCc1ccccc1C[C@@]1(C(=O)NCc2cc(C(F)(F)F)cc(C(F)(F)F)c2)N=C(c2ccc(OCCCO)cc2)O[C@@H]1c1ccccc1N=[N+]=[N-]. The second-order valence-corrected chi connectivity index (χ2v) is 12.0. The molecule has 0 spiro atoms. The van der Waals surface area contributed by atoms with Gasteiger partial charge in [0.25, 0.3) is 5.91 Å². The third kappa shape index (κ3) is 9.04. The summed E-state index contributed by atoms with van der Waals surface area (Å²) in [6, 6.07) is 20.2. The molecule has 1 amide bonds. The lowest BCUT2D eigenvalue weighted by Crippen LogP contribution is -2.50. The first-order chi connectivity index (χ1) is 25.8. The molecule has 18 heteroatoms. The number of azide groups is 2. The van der Waals surface area contributed by atoms with E-state index in [4.69, 9.17) is 25.1 Å². The lowest BCUT2D eigenvalue weighted by Gasteiger charge is -2.32. The van der Waals surface area contributed by atoms with E-state index in [1.54, 1.807) is 60.7 Å². The Hall–Kier alpha value is -6.22. The highest BCUT2D eigenvalue weighted by atomic mass is 19.4. The maximum Gasteiger partial charge on any atom is 0.416 e. The van der Waals surface area contributed by atoms with Gasteiger partial charge in [0, 0.05) is 52.6 Å². The number of benzene rings is 4. The van der Waals surface area contributed by atoms with Gasteiger partial charge in [-0.15, -0.1) is 0 Å². The van der Waals surface area contributed by atoms with Crippen LogP contribution in [0.15, 0.2) is 106 Å². The van der Waals surface area contributed by atoms with E-state index in [9.17, 15) is 36.7 Å². The van der Waals surface area contributed by atoms with Crippen molar-refractivity contribution in [3.63, 3.8) is 0 Å². The van der Waals surface area contributed by atoms with Gasteiger partial charge >= 0.3 is 12.4 Å². The van der Waals surface area contributed by atoms with Crippen molar-refractivity contribution < 1.29 is 45.7 Å². The summed E-state index contributed by atoms with van der Waals surface area (Å²) in [5.41, 5.74) is 14.3. The maximum absolute atomic E-state index is 14.7. The zero-order valence-corrected chi connectivity index (χ0v) is 28.1. The first-order valence-electron chi connectivity index (χ1n) is 16.2. The van der Waals surface area contributed by atoms with Crippen LogP contribution in [-0.2, 0) is 41.4 Å². The van der Waals surface area contributed by atoms with Crippen molar-refractivity contribution in [3.05, 3.63) is 151 Å². The number of nitrogens with zero attached hydrogens (tertiary/aromatic N) is 7. The zero-order valence-electron chi connectivity index (χ0n) is 28.1. The number of rotatable bonds is 14. The number of ether oxygens (including phenoxy) is 2. The second-order valence-electron chi connectivity index (χ2n) is 12.0. The number of alkyl halides is 6. The fourth-order valence-electron chi connectivity index (χ4n) is 5.85. The van der Waals surface area contributed by atoms with E-state index in [0.717, 1.165) is 0 Å². The number of aliphatic hydroxyl groups excluding tert-OH is 1. The Morgan fingerprint density at radius 2 is 1.56 bits per heavy atom. The molecule has 1 aliphatic heterocycles. The fourth-order valence-corrected chi connectivity index (χ4v) is 5.85. The van der Waals surface area contributed by atoms with E-state index in [0.29, 0.717) is 41.0 Å². The Morgan fingerprint density at radius 3 is 2.19 bits per heavy atom. The normalized spacial score (nSPS) is 16.7. The highest BCUT2D eigenvalue weighted by molar-refractivity contribution is 6.01. The predicted octanol–water partition coefficient (Wildman–Crippen LogP) is 9.05. The Kier molecular flexibility index (Phi) is 12.0. The van der Waals surface area contributed by atoms with Gasteiger partial charge in [0.1, 0.15) is 5.75 Å². The van der Waals surface area contributed by atoms with Crippen LogP contribution in [0.2, 0.25) is 0 Å². The van der Waals surface area contributed by atoms with Gasteiger partial charge in [-0.2, -0.15) is 26.3 Å².